The largest absolute Gasteiger partial charge is 0.481 e. The third-order valence-corrected chi connectivity index (χ3v) is 6.97. The SMILES string of the molecule is O=C(O)CC1(CSC2CCOC3(CCCCC3)C2)CC1. The van der Waals surface area contributed by atoms with Crippen molar-refractivity contribution < 1.29 is 14.6 Å². The van der Waals surface area contributed by atoms with Crippen molar-refractivity contribution in [3.05, 3.63) is 0 Å². The van der Waals surface area contributed by atoms with Crippen molar-refractivity contribution in [2.24, 2.45) is 5.41 Å². The van der Waals surface area contributed by atoms with E-state index in [0.29, 0.717) is 11.7 Å². The van der Waals surface area contributed by atoms with Gasteiger partial charge in [-0.25, -0.2) is 0 Å². The number of thioether (sulfide) groups is 1. The van der Waals surface area contributed by atoms with Gasteiger partial charge in [0.15, 0.2) is 0 Å². The van der Waals surface area contributed by atoms with E-state index in [4.69, 9.17) is 9.84 Å². The standard InChI is InChI=1S/C16H26O3S/c17-14(18)11-15(7-8-15)12-20-13-4-9-19-16(10-13)5-2-1-3-6-16/h13H,1-12H2,(H,17,18). The van der Waals surface area contributed by atoms with Crippen LogP contribution < -0.4 is 0 Å². The van der Waals surface area contributed by atoms with Crippen molar-refractivity contribution >= 4 is 17.7 Å². The third kappa shape index (κ3) is 3.51. The van der Waals surface area contributed by atoms with Gasteiger partial charge in [-0.05, 0) is 49.7 Å². The van der Waals surface area contributed by atoms with Gasteiger partial charge >= 0.3 is 5.97 Å². The molecule has 0 radical (unpaired) electrons. The highest BCUT2D eigenvalue weighted by Crippen LogP contribution is 2.52. The summed E-state index contributed by atoms with van der Waals surface area (Å²) < 4.78 is 6.14. The summed E-state index contributed by atoms with van der Waals surface area (Å²) in [5.74, 6) is 0.416. The first kappa shape index (κ1) is 14.7. The molecule has 3 nitrogen and oxygen atoms in total. The van der Waals surface area contributed by atoms with Gasteiger partial charge in [0, 0.05) is 11.9 Å². The quantitative estimate of drug-likeness (QED) is 0.837. The van der Waals surface area contributed by atoms with Crippen LogP contribution in [0.15, 0.2) is 0 Å². The minimum Gasteiger partial charge on any atom is -0.481 e. The lowest BCUT2D eigenvalue weighted by Crippen LogP contribution is -2.42. The van der Waals surface area contributed by atoms with E-state index < -0.39 is 5.97 Å². The van der Waals surface area contributed by atoms with Crippen LogP contribution in [0.5, 0.6) is 0 Å². The molecule has 20 heavy (non-hydrogen) atoms. The number of rotatable bonds is 5. The highest BCUT2D eigenvalue weighted by molar-refractivity contribution is 7.99. The molecule has 1 atom stereocenters. The molecule has 1 spiro atoms. The van der Waals surface area contributed by atoms with Crippen LogP contribution in [0.2, 0.25) is 0 Å². The van der Waals surface area contributed by atoms with E-state index in [1.54, 1.807) is 0 Å². The number of ether oxygens (including phenoxy) is 1. The second kappa shape index (κ2) is 5.88. The second-order valence-electron chi connectivity index (χ2n) is 7.09. The Morgan fingerprint density at radius 1 is 1.20 bits per heavy atom. The Kier molecular flexibility index (Phi) is 4.32. The molecular formula is C16H26O3S. The Hall–Kier alpha value is -0.220. The third-order valence-electron chi connectivity index (χ3n) is 5.32. The van der Waals surface area contributed by atoms with E-state index in [2.05, 4.69) is 0 Å². The minimum atomic E-state index is -0.626. The van der Waals surface area contributed by atoms with Crippen LogP contribution in [-0.4, -0.2) is 34.3 Å². The average molecular weight is 298 g/mol. The number of aliphatic carboxylic acids is 1. The summed E-state index contributed by atoms with van der Waals surface area (Å²) in [7, 11) is 0. The number of carboxylic acid groups (broad SMARTS) is 1. The van der Waals surface area contributed by atoms with E-state index in [1.807, 2.05) is 11.8 Å². The molecule has 0 aromatic carbocycles. The van der Waals surface area contributed by atoms with Gasteiger partial charge in [-0.1, -0.05) is 19.3 Å². The Labute approximate surface area is 125 Å². The molecule has 3 fully saturated rings. The van der Waals surface area contributed by atoms with Gasteiger partial charge in [-0.15, -0.1) is 0 Å². The van der Waals surface area contributed by atoms with Crippen LogP contribution in [0.25, 0.3) is 0 Å². The monoisotopic (exact) mass is 298 g/mol. The van der Waals surface area contributed by atoms with Crippen molar-refractivity contribution in [1.82, 2.24) is 0 Å². The molecule has 114 valence electrons. The summed E-state index contributed by atoms with van der Waals surface area (Å²) in [5, 5.41) is 9.68. The summed E-state index contributed by atoms with van der Waals surface area (Å²) in [6, 6.07) is 0. The maximum atomic E-state index is 10.9. The summed E-state index contributed by atoms with van der Waals surface area (Å²) in [5.41, 5.74) is 0.312. The van der Waals surface area contributed by atoms with Gasteiger partial charge < -0.3 is 9.84 Å². The van der Waals surface area contributed by atoms with Gasteiger partial charge in [0.1, 0.15) is 0 Å². The van der Waals surface area contributed by atoms with E-state index in [-0.39, 0.29) is 11.0 Å². The summed E-state index contributed by atoms with van der Waals surface area (Å²) >= 11 is 2.03. The Morgan fingerprint density at radius 2 is 1.95 bits per heavy atom. The zero-order chi connectivity index (χ0) is 14.1. The topological polar surface area (TPSA) is 46.5 Å². The van der Waals surface area contributed by atoms with Gasteiger partial charge in [0.05, 0.1) is 12.0 Å². The Morgan fingerprint density at radius 3 is 2.60 bits per heavy atom. The molecule has 1 heterocycles. The van der Waals surface area contributed by atoms with Gasteiger partial charge in [-0.3, -0.25) is 4.79 Å². The van der Waals surface area contributed by atoms with E-state index in [1.165, 1.54) is 38.5 Å². The highest BCUT2D eigenvalue weighted by Gasteiger charge is 2.45. The molecule has 0 aromatic heterocycles. The summed E-state index contributed by atoms with van der Waals surface area (Å²) in [6.45, 7) is 0.906. The first-order chi connectivity index (χ1) is 9.62. The molecule has 0 bridgehead atoms. The predicted octanol–water partition coefficient (Wildman–Crippen LogP) is 3.86. The average Bonchev–Trinajstić information content (AvgIpc) is 3.17. The first-order valence-electron chi connectivity index (χ1n) is 8.09. The molecular weight excluding hydrogens is 272 g/mol. The molecule has 2 aliphatic carbocycles. The molecule has 1 saturated heterocycles. The lowest BCUT2D eigenvalue weighted by molar-refractivity contribution is -0.138. The fourth-order valence-corrected chi connectivity index (χ4v) is 5.50. The number of carboxylic acids is 1. The number of carbonyl (C=O) groups is 1. The fourth-order valence-electron chi connectivity index (χ4n) is 3.83. The molecule has 0 aromatic rings. The molecule has 0 amide bonds. The molecule has 1 unspecified atom stereocenters. The summed E-state index contributed by atoms with van der Waals surface area (Å²) in [6.07, 6.45) is 11.4. The Balaban J connectivity index is 1.49. The predicted molar refractivity (Wildman–Crippen MR) is 81.2 cm³/mol. The van der Waals surface area contributed by atoms with Gasteiger partial charge in [0.25, 0.3) is 0 Å². The van der Waals surface area contributed by atoms with Crippen LogP contribution in [0.1, 0.15) is 64.2 Å². The van der Waals surface area contributed by atoms with Gasteiger partial charge in [-0.2, -0.15) is 11.8 Å². The molecule has 3 rings (SSSR count). The Bertz CT molecular complexity index is 353. The van der Waals surface area contributed by atoms with Crippen molar-refractivity contribution in [3.8, 4) is 0 Å². The first-order valence-corrected chi connectivity index (χ1v) is 9.14. The molecule has 2 saturated carbocycles. The van der Waals surface area contributed by atoms with Gasteiger partial charge in [0.2, 0.25) is 0 Å². The van der Waals surface area contributed by atoms with Crippen LogP contribution in [0.4, 0.5) is 0 Å². The van der Waals surface area contributed by atoms with Crippen molar-refractivity contribution in [1.29, 1.82) is 0 Å². The van der Waals surface area contributed by atoms with Crippen molar-refractivity contribution in [3.63, 3.8) is 0 Å². The van der Waals surface area contributed by atoms with Crippen LogP contribution in [0.3, 0.4) is 0 Å². The van der Waals surface area contributed by atoms with E-state index >= 15 is 0 Å². The zero-order valence-electron chi connectivity index (χ0n) is 12.2. The maximum Gasteiger partial charge on any atom is 0.303 e. The smallest absolute Gasteiger partial charge is 0.303 e. The fraction of sp³-hybridized carbons (Fsp3) is 0.938. The molecule has 1 aliphatic heterocycles. The lowest BCUT2D eigenvalue weighted by atomic mass is 9.80. The van der Waals surface area contributed by atoms with Crippen molar-refractivity contribution in [2.45, 2.75) is 75.1 Å². The maximum absolute atomic E-state index is 10.9. The van der Waals surface area contributed by atoms with E-state index in [0.717, 1.165) is 31.6 Å². The molecule has 1 N–H and O–H groups in total. The number of hydrogen-bond acceptors (Lipinski definition) is 3. The zero-order valence-corrected chi connectivity index (χ0v) is 13.1. The van der Waals surface area contributed by atoms with E-state index in [9.17, 15) is 4.79 Å². The van der Waals surface area contributed by atoms with Crippen molar-refractivity contribution in [2.75, 3.05) is 12.4 Å². The number of hydrogen-bond donors (Lipinski definition) is 1. The highest BCUT2D eigenvalue weighted by atomic mass is 32.2. The molecule has 3 aliphatic rings. The second-order valence-corrected chi connectivity index (χ2v) is 8.38. The normalized spacial score (nSPS) is 31.1. The molecule has 4 heteroatoms. The van der Waals surface area contributed by atoms with Crippen LogP contribution in [-0.2, 0) is 9.53 Å². The minimum absolute atomic E-state index is 0.133. The lowest BCUT2D eigenvalue weighted by Gasteiger charge is -2.43. The van der Waals surface area contributed by atoms with Crippen LogP contribution >= 0.6 is 11.8 Å². The summed E-state index contributed by atoms with van der Waals surface area (Å²) in [4.78, 5) is 10.9. The van der Waals surface area contributed by atoms with Crippen LogP contribution in [0, 0.1) is 5.41 Å².